The monoisotopic (exact) mass is 480 g/mol. The molecule has 0 atom stereocenters. The molecule has 2 amide bonds. The normalized spacial score (nSPS) is 8.83. The molecule has 6 nitrogen and oxygen atoms in total. The van der Waals surface area contributed by atoms with E-state index in [-0.39, 0.29) is 26.3 Å². The second kappa shape index (κ2) is 16.8. The molecular weight excluding hydrogens is 452 g/mol. The maximum atomic E-state index is 12.2. The minimum atomic E-state index is -0.448. The number of carbonyl (C=O) groups is 2. The first kappa shape index (κ1) is 27.5. The van der Waals surface area contributed by atoms with E-state index in [4.69, 9.17) is 9.47 Å². The Morgan fingerprint density at radius 2 is 0.972 bits per heavy atom. The Hall–Kier alpha value is -4.78. The fourth-order valence-electron chi connectivity index (χ4n) is 2.81. The van der Waals surface area contributed by atoms with E-state index in [1.165, 1.54) is 9.80 Å². The molecule has 0 aliphatic rings. The van der Waals surface area contributed by atoms with E-state index in [2.05, 4.69) is 47.4 Å². The van der Waals surface area contributed by atoms with Crippen LogP contribution < -0.4 is 9.80 Å². The van der Waals surface area contributed by atoms with Crippen LogP contribution in [0, 0.1) is 47.4 Å². The van der Waals surface area contributed by atoms with Gasteiger partial charge in [-0.2, -0.15) is 0 Å². The Balaban J connectivity index is 1.82. The van der Waals surface area contributed by atoms with Gasteiger partial charge in [0.25, 0.3) is 0 Å². The molecule has 2 aromatic rings. The highest BCUT2D eigenvalue weighted by atomic mass is 16.6. The molecule has 0 N–H and O–H groups in total. The van der Waals surface area contributed by atoms with Crippen LogP contribution in [0.25, 0.3) is 0 Å². The van der Waals surface area contributed by atoms with Crippen molar-refractivity contribution >= 4 is 23.6 Å². The smallest absolute Gasteiger partial charge is 0.415 e. The van der Waals surface area contributed by atoms with Gasteiger partial charge in [-0.25, -0.2) is 9.59 Å². The van der Waals surface area contributed by atoms with Gasteiger partial charge in [0.05, 0.1) is 26.3 Å². The standard InChI is InChI=1S/C30H28N2O4/c1-3-35-29(33)31(27-21-15-13-16-22-27)25-19-11-9-7-5-6-8-10-12-20-26-32(30(34)36-4-2)28-23-17-14-18-24-28/h13-18,21-24H,3-6,25-26H2,1-2H3. The zero-order chi connectivity index (χ0) is 25.8. The van der Waals surface area contributed by atoms with Crippen LogP contribution in [0.2, 0.25) is 0 Å². The van der Waals surface area contributed by atoms with Gasteiger partial charge < -0.3 is 9.47 Å². The maximum absolute atomic E-state index is 12.2. The number of unbranched alkanes of at least 4 members (excludes halogenated alkanes) is 1. The Morgan fingerprint density at radius 1 is 0.611 bits per heavy atom. The van der Waals surface area contributed by atoms with E-state index in [1.807, 2.05) is 60.7 Å². The predicted molar refractivity (Wildman–Crippen MR) is 142 cm³/mol. The SMILES string of the molecule is CCOC(=O)N(CC#CC#CCCC#CC#CCN(C(=O)OCC)c1ccccc1)c1ccccc1. The van der Waals surface area contributed by atoms with Gasteiger partial charge in [-0.3, -0.25) is 9.80 Å². The molecule has 0 spiro atoms. The van der Waals surface area contributed by atoms with Crippen LogP contribution in [-0.2, 0) is 9.47 Å². The highest BCUT2D eigenvalue weighted by molar-refractivity contribution is 5.88. The molecule has 0 heterocycles. The quantitative estimate of drug-likeness (QED) is 0.408. The molecule has 36 heavy (non-hydrogen) atoms. The number of para-hydroxylation sites is 2. The highest BCUT2D eigenvalue weighted by Gasteiger charge is 2.15. The minimum Gasteiger partial charge on any atom is -0.449 e. The second-order valence-corrected chi connectivity index (χ2v) is 6.95. The molecule has 0 bridgehead atoms. The molecule has 0 unspecified atom stereocenters. The van der Waals surface area contributed by atoms with Gasteiger partial charge in [-0.15, -0.1) is 0 Å². The molecular formula is C30H28N2O4. The van der Waals surface area contributed by atoms with Crippen molar-refractivity contribution < 1.29 is 19.1 Å². The lowest BCUT2D eigenvalue weighted by atomic mass is 10.3. The first-order valence-electron chi connectivity index (χ1n) is 11.6. The number of anilines is 2. The summed E-state index contributed by atoms with van der Waals surface area (Å²) < 4.78 is 10.2. The molecule has 0 saturated carbocycles. The maximum Gasteiger partial charge on any atom is 0.415 e. The van der Waals surface area contributed by atoms with Crippen LogP contribution in [0.4, 0.5) is 21.0 Å². The van der Waals surface area contributed by atoms with Gasteiger partial charge in [-0.1, -0.05) is 60.1 Å². The lowest BCUT2D eigenvalue weighted by Gasteiger charge is -2.19. The summed E-state index contributed by atoms with van der Waals surface area (Å²) in [6.45, 7) is 4.46. The van der Waals surface area contributed by atoms with Crippen LogP contribution >= 0.6 is 0 Å². The number of hydrogen-bond acceptors (Lipinski definition) is 4. The van der Waals surface area contributed by atoms with Gasteiger partial charge >= 0.3 is 12.2 Å². The van der Waals surface area contributed by atoms with Crippen molar-refractivity contribution in [1.29, 1.82) is 0 Å². The molecule has 6 heteroatoms. The van der Waals surface area contributed by atoms with E-state index < -0.39 is 12.2 Å². The van der Waals surface area contributed by atoms with Crippen molar-refractivity contribution in [3.8, 4) is 47.4 Å². The average molecular weight is 481 g/mol. The Morgan fingerprint density at radius 3 is 1.33 bits per heavy atom. The Labute approximate surface area is 213 Å². The zero-order valence-electron chi connectivity index (χ0n) is 20.5. The third-order valence-electron chi connectivity index (χ3n) is 4.44. The Bertz CT molecular complexity index is 1130. The number of benzene rings is 2. The number of rotatable bonds is 7. The lowest BCUT2D eigenvalue weighted by molar-refractivity contribution is 0.159. The van der Waals surface area contributed by atoms with Crippen molar-refractivity contribution in [2.45, 2.75) is 26.7 Å². The summed E-state index contributed by atoms with van der Waals surface area (Å²) in [6.07, 6.45) is 0.193. The minimum absolute atomic E-state index is 0.179. The molecule has 0 radical (unpaired) electrons. The molecule has 182 valence electrons. The topological polar surface area (TPSA) is 59.1 Å². The van der Waals surface area contributed by atoms with Crippen molar-refractivity contribution in [1.82, 2.24) is 0 Å². The largest absolute Gasteiger partial charge is 0.449 e. The van der Waals surface area contributed by atoms with Gasteiger partial charge in [0.2, 0.25) is 0 Å². The average Bonchev–Trinajstić information content (AvgIpc) is 2.90. The van der Waals surface area contributed by atoms with Gasteiger partial charge in [-0.05, 0) is 61.8 Å². The number of nitrogens with zero attached hydrogens (tertiary/aromatic N) is 2. The van der Waals surface area contributed by atoms with Crippen LogP contribution in [0.15, 0.2) is 60.7 Å². The summed E-state index contributed by atoms with van der Waals surface area (Å²) in [6, 6.07) is 18.4. The summed E-state index contributed by atoms with van der Waals surface area (Å²) in [5, 5.41) is 0. The van der Waals surface area contributed by atoms with Crippen molar-refractivity contribution in [2.75, 3.05) is 36.1 Å². The summed E-state index contributed by atoms with van der Waals surface area (Å²) >= 11 is 0. The van der Waals surface area contributed by atoms with Crippen molar-refractivity contribution in [2.24, 2.45) is 0 Å². The third-order valence-corrected chi connectivity index (χ3v) is 4.44. The molecule has 0 fully saturated rings. The zero-order valence-corrected chi connectivity index (χ0v) is 20.5. The molecule has 0 aliphatic carbocycles. The van der Waals surface area contributed by atoms with Crippen molar-refractivity contribution in [3.63, 3.8) is 0 Å². The number of amides is 2. The van der Waals surface area contributed by atoms with Crippen molar-refractivity contribution in [3.05, 3.63) is 60.7 Å². The van der Waals surface area contributed by atoms with Gasteiger partial charge in [0.1, 0.15) is 0 Å². The number of hydrogen-bond donors (Lipinski definition) is 0. The molecule has 0 aromatic heterocycles. The first-order chi connectivity index (χ1) is 17.7. The lowest BCUT2D eigenvalue weighted by Crippen LogP contribution is -2.31. The second-order valence-electron chi connectivity index (χ2n) is 6.95. The molecule has 2 rings (SSSR count). The summed E-state index contributed by atoms with van der Waals surface area (Å²) in [4.78, 5) is 27.3. The van der Waals surface area contributed by atoms with Gasteiger partial charge in [0, 0.05) is 24.2 Å². The predicted octanol–water partition coefficient (Wildman–Crippen LogP) is 5.11. The fourth-order valence-corrected chi connectivity index (χ4v) is 2.81. The molecule has 0 saturated heterocycles. The third kappa shape index (κ3) is 10.0. The Kier molecular flexibility index (Phi) is 12.8. The number of ether oxygens (including phenoxy) is 2. The van der Waals surface area contributed by atoms with E-state index in [9.17, 15) is 9.59 Å². The number of carbonyl (C=O) groups excluding carboxylic acids is 2. The van der Waals surface area contributed by atoms with Crippen LogP contribution in [0.5, 0.6) is 0 Å². The summed E-state index contributed by atoms with van der Waals surface area (Å²) in [7, 11) is 0. The highest BCUT2D eigenvalue weighted by Crippen LogP contribution is 2.14. The van der Waals surface area contributed by atoms with Crippen LogP contribution in [-0.4, -0.2) is 38.5 Å². The molecule has 2 aromatic carbocycles. The van der Waals surface area contributed by atoms with Gasteiger partial charge in [0.15, 0.2) is 0 Å². The summed E-state index contributed by atoms with van der Waals surface area (Å²) in [5.41, 5.74) is 1.42. The van der Waals surface area contributed by atoms with Crippen LogP contribution in [0.1, 0.15) is 26.7 Å². The van der Waals surface area contributed by atoms with Crippen LogP contribution in [0.3, 0.4) is 0 Å². The van der Waals surface area contributed by atoms with E-state index in [0.717, 1.165) is 0 Å². The van der Waals surface area contributed by atoms with E-state index >= 15 is 0 Å². The molecule has 0 aliphatic heterocycles. The fraction of sp³-hybridized carbons (Fsp3) is 0.267. The summed E-state index contributed by atoms with van der Waals surface area (Å²) in [5.74, 6) is 22.7. The van der Waals surface area contributed by atoms with E-state index in [1.54, 1.807) is 13.8 Å². The van der Waals surface area contributed by atoms with E-state index in [0.29, 0.717) is 24.2 Å². The first-order valence-corrected chi connectivity index (χ1v) is 11.6.